The van der Waals surface area contributed by atoms with Crippen LogP contribution in [0, 0.1) is 0 Å². The third kappa shape index (κ3) is 3.31. The lowest BCUT2D eigenvalue weighted by Crippen LogP contribution is -2.28. The smallest absolute Gasteiger partial charge is 0.368 e. The lowest BCUT2D eigenvalue weighted by molar-refractivity contribution is 0.201. The van der Waals surface area contributed by atoms with Gasteiger partial charge in [-0.25, -0.2) is 4.79 Å². The number of tetrazole rings is 1. The summed E-state index contributed by atoms with van der Waals surface area (Å²) in [5.74, 6) is 0.509. The predicted molar refractivity (Wildman–Crippen MR) is 90.7 cm³/mol. The molecule has 124 valence electrons. The maximum absolute atomic E-state index is 12.2. The van der Waals surface area contributed by atoms with Gasteiger partial charge in [0.2, 0.25) is 0 Å². The van der Waals surface area contributed by atoms with Crippen molar-refractivity contribution >= 4 is 13.3 Å². The minimum absolute atomic E-state index is 0.0415. The van der Waals surface area contributed by atoms with E-state index in [-0.39, 0.29) is 24.3 Å². The van der Waals surface area contributed by atoms with E-state index in [9.17, 15) is 4.79 Å². The number of benzene rings is 1. The molecule has 0 fully saturated rings. The van der Waals surface area contributed by atoms with Crippen LogP contribution in [0.2, 0.25) is 0 Å². The van der Waals surface area contributed by atoms with Gasteiger partial charge in [-0.05, 0) is 40.0 Å². The second-order valence-electron chi connectivity index (χ2n) is 6.24. The SMILES string of the molecule is Bc1cc(OCCO)c(-n2nnn(C)c2=O)cc1C(C)(C)CC. The number of aromatic nitrogens is 4. The first-order valence-corrected chi connectivity index (χ1v) is 7.70. The molecule has 0 saturated carbocycles. The van der Waals surface area contributed by atoms with Crippen molar-refractivity contribution in [3.05, 3.63) is 28.2 Å². The number of nitrogens with zero attached hydrogens (tertiary/aromatic N) is 4. The number of hydrogen-bond acceptors (Lipinski definition) is 5. The van der Waals surface area contributed by atoms with Gasteiger partial charge in [-0.2, -0.15) is 9.36 Å². The minimum atomic E-state index is -0.344. The van der Waals surface area contributed by atoms with Gasteiger partial charge in [0.1, 0.15) is 25.9 Å². The van der Waals surface area contributed by atoms with Gasteiger partial charge in [0.25, 0.3) is 0 Å². The van der Waals surface area contributed by atoms with Gasteiger partial charge in [-0.3, -0.25) is 0 Å². The Morgan fingerprint density at radius 3 is 2.57 bits per heavy atom. The van der Waals surface area contributed by atoms with E-state index in [0.29, 0.717) is 11.4 Å². The number of ether oxygens (including phenoxy) is 1. The van der Waals surface area contributed by atoms with Gasteiger partial charge >= 0.3 is 5.69 Å². The molecule has 2 aromatic rings. The van der Waals surface area contributed by atoms with Crippen molar-refractivity contribution in [2.45, 2.75) is 32.6 Å². The van der Waals surface area contributed by atoms with E-state index in [1.807, 2.05) is 20.0 Å². The topological polar surface area (TPSA) is 82.2 Å². The van der Waals surface area contributed by atoms with E-state index < -0.39 is 0 Å². The molecule has 23 heavy (non-hydrogen) atoms. The molecule has 8 heteroatoms. The molecular weight excluding hydrogens is 295 g/mol. The molecule has 1 aromatic heterocycles. The molecule has 2 rings (SSSR count). The van der Waals surface area contributed by atoms with E-state index in [0.717, 1.165) is 17.4 Å². The van der Waals surface area contributed by atoms with Crippen molar-refractivity contribution in [3.63, 3.8) is 0 Å². The summed E-state index contributed by atoms with van der Waals surface area (Å²) in [4.78, 5) is 12.2. The predicted octanol–water partition coefficient (Wildman–Crippen LogP) is -0.717. The maximum Gasteiger partial charge on any atom is 0.368 e. The van der Waals surface area contributed by atoms with E-state index in [2.05, 4.69) is 31.2 Å². The normalized spacial score (nSPS) is 11.7. The highest BCUT2D eigenvalue weighted by Crippen LogP contribution is 2.30. The zero-order valence-corrected chi connectivity index (χ0v) is 14.3. The van der Waals surface area contributed by atoms with E-state index in [1.165, 1.54) is 9.36 Å². The van der Waals surface area contributed by atoms with Crippen LogP contribution in [0.25, 0.3) is 5.69 Å². The Morgan fingerprint density at radius 1 is 1.35 bits per heavy atom. The van der Waals surface area contributed by atoms with Crippen molar-refractivity contribution < 1.29 is 9.84 Å². The van der Waals surface area contributed by atoms with Crippen molar-refractivity contribution in [3.8, 4) is 11.4 Å². The fraction of sp³-hybridized carbons (Fsp3) is 0.533. The fourth-order valence-corrected chi connectivity index (χ4v) is 2.49. The van der Waals surface area contributed by atoms with Gasteiger partial charge < -0.3 is 9.84 Å². The Balaban J connectivity index is 2.67. The lowest BCUT2D eigenvalue weighted by atomic mass is 9.74. The average Bonchev–Trinajstić information content (AvgIpc) is 2.84. The molecule has 0 aliphatic carbocycles. The van der Waals surface area contributed by atoms with Crippen molar-refractivity contribution in [2.24, 2.45) is 7.05 Å². The second-order valence-corrected chi connectivity index (χ2v) is 6.24. The van der Waals surface area contributed by atoms with Crippen LogP contribution in [0.1, 0.15) is 32.8 Å². The average molecular weight is 318 g/mol. The molecule has 7 nitrogen and oxygen atoms in total. The van der Waals surface area contributed by atoms with Crippen molar-refractivity contribution in [1.82, 2.24) is 19.8 Å². The number of aliphatic hydroxyl groups excluding tert-OH is 1. The van der Waals surface area contributed by atoms with E-state index in [4.69, 9.17) is 9.84 Å². The first kappa shape index (κ1) is 17.3. The molecule has 0 aliphatic rings. The Labute approximate surface area is 136 Å². The summed E-state index contributed by atoms with van der Waals surface area (Å²) in [7, 11) is 3.56. The fourth-order valence-electron chi connectivity index (χ4n) is 2.49. The summed E-state index contributed by atoms with van der Waals surface area (Å²) >= 11 is 0. The van der Waals surface area contributed by atoms with Gasteiger partial charge in [0.05, 0.1) is 6.61 Å². The molecule has 0 aliphatic heterocycles. The third-order valence-electron chi connectivity index (χ3n) is 4.22. The molecule has 1 aromatic carbocycles. The first-order chi connectivity index (χ1) is 10.8. The van der Waals surface area contributed by atoms with Crippen LogP contribution in [0.4, 0.5) is 0 Å². The summed E-state index contributed by atoms with van der Waals surface area (Å²) in [5.41, 5.74) is 2.36. The highest BCUT2D eigenvalue weighted by atomic mass is 16.5. The van der Waals surface area contributed by atoms with Crippen LogP contribution in [-0.2, 0) is 12.5 Å². The van der Waals surface area contributed by atoms with Gasteiger partial charge in [-0.1, -0.05) is 26.2 Å². The molecule has 0 bridgehead atoms. The molecule has 0 radical (unpaired) electrons. The molecule has 1 N–H and O–H groups in total. The minimum Gasteiger partial charge on any atom is -0.489 e. The zero-order chi connectivity index (χ0) is 17.2. The zero-order valence-electron chi connectivity index (χ0n) is 14.3. The molecular formula is C15H23BN4O3. The maximum atomic E-state index is 12.2. The van der Waals surface area contributed by atoms with Crippen LogP contribution < -0.4 is 15.9 Å². The highest BCUT2D eigenvalue weighted by molar-refractivity contribution is 6.33. The van der Waals surface area contributed by atoms with E-state index >= 15 is 0 Å². The standard InChI is InChI=1S/C15H23BN4O3/c1-5-15(2,3)10-8-12(20-14(22)19(4)17-18-20)13(9-11(10)16)23-7-6-21/h8-9,21H,5-7,16H2,1-4H3. The Morgan fingerprint density at radius 2 is 2.04 bits per heavy atom. The van der Waals surface area contributed by atoms with Gasteiger partial charge in [-0.15, -0.1) is 0 Å². The summed E-state index contributed by atoms with van der Waals surface area (Å²) in [6, 6.07) is 3.82. The van der Waals surface area contributed by atoms with E-state index in [1.54, 1.807) is 7.05 Å². The summed E-state index contributed by atoms with van der Waals surface area (Å²) in [6.07, 6.45) is 0.958. The lowest BCUT2D eigenvalue weighted by Gasteiger charge is -2.27. The van der Waals surface area contributed by atoms with Crippen molar-refractivity contribution in [1.29, 1.82) is 0 Å². The highest BCUT2D eigenvalue weighted by Gasteiger charge is 2.24. The number of aliphatic hydroxyl groups is 1. The third-order valence-corrected chi connectivity index (χ3v) is 4.22. The van der Waals surface area contributed by atoms with Crippen LogP contribution in [0.15, 0.2) is 16.9 Å². The molecule has 0 saturated heterocycles. The number of hydrogen-bond donors (Lipinski definition) is 1. The second kappa shape index (κ2) is 6.58. The Kier molecular flexibility index (Phi) is 4.94. The molecule has 0 spiro atoms. The molecule has 0 amide bonds. The van der Waals surface area contributed by atoms with Crippen LogP contribution in [-0.4, -0.2) is 46.0 Å². The monoisotopic (exact) mass is 318 g/mol. The summed E-state index contributed by atoms with van der Waals surface area (Å²) < 4.78 is 7.99. The van der Waals surface area contributed by atoms with Gasteiger partial charge in [0.15, 0.2) is 0 Å². The first-order valence-electron chi connectivity index (χ1n) is 7.70. The molecule has 0 unspecified atom stereocenters. The van der Waals surface area contributed by atoms with Crippen LogP contribution in [0.5, 0.6) is 5.75 Å². The Hall–Kier alpha value is -2.09. The number of rotatable bonds is 6. The van der Waals surface area contributed by atoms with Crippen LogP contribution in [0.3, 0.4) is 0 Å². The van der Waals surface area contributed by atoms with Crippen LogP contribution >= 0.6 is 0 Å². The summed E-state index contributed by atoms with van der Waals surface area (Å²) in [5, 5.41) is 16.7. The Bertz CT molecular complexity index is 752. The largest absolute Gasteiger partial charge is 0.489 e. The summed E-state index contributed by atoms with van der Waals surface area (Å²) in [6.45, 7) is 6.50. The van der Waals surface area contributed by atoms with Crippen molar-refractivity contribution in [2.75, 3.05) is 13.2 Å². The number of aryl methyl sites for hydroxylation is 1. The van der Waals surface area contributed by atoms with Gasteiger partial charge in [0, 0.05) is 7.05 Å². The molecule has 0 atom stereocenters. The quantitative estimate of drug-likeness (QED) is 0.711. The molecule has 1 heterocycles.